The van der Waals surface area contributed by atoms with Crippen molar-refractivity contribution < 1.29 is 14.3 Å². The van der Waals surface area contributed by atoms with Gasteiger partial charge in [0.15, 0.2) is 0 Å². The standard InChI is InChI=1S/C24H24N2O3S/c1-24(2,22(27)25-19-10-7-11-21(16-19)30-3)17-12-14-20(15-13-17)29-23(28)26-18-8-5-4-6-9-18/h4-16H,1-3H3,(H,25,27)(H,26,28). The monoisotopic (exact) mass is 420 g/mol. The van der Waals surface area contributed by atoms with Crippen LogP contribution >= 0.6 is 11.8 Å². The summed E-state index contributed by atoms with van der Waals surface area (Å²) in [4.78, 5) is 26.0. The van der Waals surface area contributed by atoms with E-state index in [0.29, 0.717) is 11.4 Å². The first kappa shape index (κ1) is 21.5. The molecule has 0 heterocycles. The summed E-state index contributed by atoms with van der Waals surface area (Å²) in [6, 6.07) is 23.8. The summed E-state index contributed by atoms with van der Waals surface area (Å²) in [5, 5.41) is 5.64. The van der Waals surface area contributed by atoms with Crippen LogP contribution in [0.2, 0.25) is 0 Å². The average molecular weight is 421 g/mol. The molecule has 0 aliphatic rings. The van der Waals surface area contributed by atoms with Gasteiger partial charge in [0.05, 0.1) is 5.41 Å². The molecule has 3 aromatic carbocycles. The molecule has 3 aromatic rings. The molecule has 0 radical (unpaired) electrons. The lowest BCUT2D eigenvalue weighted by molar-refractivity contribution is -0.120. The second kappa shape index (κ2) is 9.50. The number of benzene rings is 3. The van der Waals surface area contributed by atoms with Crippen molar-refractivity contribution in [2.75, 3.05) is 16.9 Å². The summed E-state index contributed by atoms with van der Waals surface area (Å²) >= 11 is 1.62. The van der Waals surface area contributed by atoms with Crippen LogP contribution in [0.1, 0.15) is 19.4 Å². The zero-order chi connectivity index (χ0) is 21.6. The first-order valence-corrected chi connectivity index (χ1v) is 10.7. The van der Waals surface area contributed by atoms with Gasteiger partial charge >= 0.3 is 6.09 Å². The van der Waals surface area contributed by atoms with Crippen molar-refractivity contribution in [1.82, 2.24) is 0 Å². The smallest absolute Gasteiger partial charge is 0.410 e. The van der Waals surface area contributed by atoms with Gasteiger partial charge in [0, 0.05) is 16.3 Å². The van der Waals surface area contributed by atoms with Crippen molar-refractivity contribution in [2.24, 2.45) is 0 Å². The van der Waals surface area contributed by atoms with Gasteiger partial charge in [0.2, 0.25) is 5.91 Å². The average Bonchev–Trinajstić information content (AvgIpc) is 2.75. The van der Waals surface area contributed by atoms with Crippen LogP contribution in [0.3, 0.4) is 0 Å². The van der Waals surface area contributed by atoms with Gasteiger partial charge in [-0.2, -0.15) is 0 Å². The Balaban J connectivity index is 1.64. The van der Waals surface area contributed by atoms with Crippen molar-refractivity contribution in [2.45, 2.75) is 24.2 Å². The Labute approximate surface area is 180 Å². The van der Waals surface area contributed by atoms with Gasteiger partial charge in [-0.1, -0.05) is 36.4 Å². The van der Waals surface area contributed by atoms with E-state index in [4.69, 9.17) is 4.74 Å². The number of carbonyl (C=O) groups excluding carboxylic acids is 2. The maximum Gasteiger partial charge on any atom is 0.417 e. The van der Waals surface area contributed by atoms with Crippen LogP contribution in [0.15, 0.2) is 83.8 Å². The van der Waals surface area contributed by atoms with Crippen molar-refractivity contribution >= 4 is 35.1 Å². The topological polar surface area (TPSA) is 67.4 Å². The zero-order valence-corrected chi connectivity index (χ0v) is 18.0. The number of ether oxygens (including phenoxy) is 1. The Bertz CT molecular complexity index is 1020. The van der Waals surface area contributed by atoms with Crippen LogP contribution in [0.25, 0.3) is 0 Å². The molecule has 6 heteroatoms. The molecule has 0 saturated carbocycles. The Kier molecular flexibility index (Phi) is 6.79. The number of hydrogen-bond acceptors (Lipinski definition) is 4. The second-order valence-electron chi connectivity index (χ2n) is 7.22. The van der Waals surface area contributed by atoms with E-state index < -0.39 is 11.5 Å². The van der Waals surface area contributed by atoms with Gasteiger partial charge in [-0.3, -0.25) is 10.1 Å². The number of anilines is 2. The molecule has 0 unspecified atom stereocenters. The maximum atomic E-state index is 12.9. The minimum Gasteiger partial charge on any atom is -0.410 e. The molecule has 0 bridgehead atoms. The summed E-state index contributed by atoms with van der Waals surface area (Å²) < 4.78 is 5.31. The fourth-order valence-corrected chi connectivity index (χ4v) is 3.29. The molecule has 0 aliphatic carbocycles. The van der Waals surface area contributed by atoms with Crippen molar-refractivity contribution in [1.29, 1.82) is 0 Å². The normalized spacial score (nSPS) is 10.9. The number of amides is 2. The molecule has 2 amide bonds. The lowest BCUT2D eigenvalue weighted by Gasteiger charge is -2.24. The van der Waals surface area contributed by atoms with E-state index in [2.05, 4.69) is 10.6 Å². The van der Waals surface area contributed by atoms with Crippen LogP contribution in [0.5, 0.6) is 5.75 Å². The molecular formula is C24H24N2O3S. The highest BCUT2D eigenvalue weighted by Crippen LogP contribution is 2.28. The third-order valence-electron chi connectivity index (χ3n) is 4.70. The van der Waals surface area contributed by atoms with Crippen LogP contribution in [-0.2, 0) is 10.2 Å². The molecule has 0 spiro atoms. The molecule has 3 rings (SSSR count). The Morgan fingerprint density at radius 1 is 0.833 bits per heavy atom. The quantitative estimate of drug-likeness (QED) is 0.485. The second-order valence-corrected chi connectivity index (χ2v) is 8.10. The van der Waals surface area contributed by atoms with E-state index in [1.54, 1.807) is 48.2 Å². The van der Waals surface area contributed by atoms with E-state index in [9.17, 15) is 9.59 Å². The zero-order valence-electron chi connectivity index (χ0n) is 17.1. The number of thioether (sulfide) groups is 1. The van der Waals surface area contributed by atoms with Crippen molar-refractivity contribution in [3.05, 3.63) is 84.4 Å². The molecule has 0 saturated heterocycles. The van der Waals surface area contributed by atoms with Gasteiger partial charge in [0.1, 0.15) is 5.75 Å². The molecule has 0 aliphatic heterocycles. The van der Waals surface area contributed by atoms with Gasteiger partial charge in [-0.05, 0) is 68.1 Å². The third-order valence-corrected chi connectivity index (χ3v) is 5.43. The van der Waals surface area contributed by atoms with Gasteiger partial charge in [0.25, 0.3) is 0 Å². The first-order chi connectivity index (χ1) is 14.4. The van der Waals surface area contributed by atoms with Crippen LogP contribution in [0, 0.1) is 0 Å². The SMILES string of the molecule is CSc1cccc(NC(=O)C(C)(C)c2ccc(OC(=O)Nc3ccccc3)cc2)c1. The highest BCUT2D eigenvalue weighted by atomic mass is 32.2. The van der Waals surface area contributed by atoms with Crippen molar-refractivity contribution in [3.63, 3.8) is 0 Å². The number of para-hydroxylation sites is 1. The molecule has 2 N–H and O–H groups in total. The molecular weight excluding hydrogens is 396 g/mol. The first-order valence-electron chi connectivity index (χ1n) is 9.48. The molecule has 0 fully saturated rings. The Hall–Kier alpha value is -3.25. The number of nitrogens with one attached hydrogen (secondary N) is 2. The summed E-state index contributed by atoms with van der Waals surface area (Å²) in [5.74, 6) is 0.285. The number of rotatable bonds is 6. The highest BCUT2D eigenvalue weighted by Gasteiger charge is 2.30. The Morgan fingerprint density at radius 3 is 2.17 bits per heavy atom. The minimum atomic E-state index is -0.764. The number of carbonyl (C=O) groups is 2. The fraction of sp³-hybridized carbons (Fsp3) is 0.167. The maximum absolute atomic E-state index is 12.9. The van der Waals surface area contributed by atoms with Gasteiger partial charge < -0.3 is 10.1 Å². The molecule has 154 valence electrons. The summed E-state index contributed by atoms with van der Waals surface area (Å²) in [6.45, 7) is 3.72. The van der Waals surface area contributed by atoms with Crippen LogP contribution in [-0.4, -0.2) is 18.3 Å². The van der Waals surface area contributed by atoms with E-state index >= 15 is 0 Å². The Morgan fingerprint density at radius 2 is 1.50 bits per heavy atom. The summed E-state index contributed by atoms with van der Waals surface area (Å²) in [7, 11) is 0. The highest BCUT2D eigenvalue weighted by molar-refractivity contribution is 7.98. The minimum absolute atomic E-state index is 0.115. The predicted molar refractivity (Wildman–Crippen MR) is 122 cm³/mol. The third kappa shape index (κ3) is 5.42. The molecule has 0 atom stereocenters. The number of hydrogen-bond donors (Lipinski definition) is 2. The molecule has 5 nitrogen and oxygen atoms in total. The summed E-state index contributed by atoms with van der Waals surface area (Å²) in [6.07, 6.45) is 1.42. The van der Waals surface area contributed by atoms with Crippen LogP contribution < -0.4 is 15.4 Å². The van der Waals surface area contributed by atoms with Gasteiger partial charge in [-0.25, -0.2) is 4.79 Å². The summed E-state index contributed by atoms with van der Waals surface area (Å²) in [5.41, 5.74) is 1.47. The lowest BCUT2D eigenvalue weighted by atomic mass is 9.83. The fourth-order valence-electron chi connectivity index (χ4n) is 2.83. The molecule has 30 heavy (non-hydrogen) atoms. The lowest BCUT2D eigenvalue weighted by Crippen LogP contribution is -2.34. The van der Waals surface area contributed by atoms with Gasteiger partial charge in [-0.15, -0.1) is 11.8 Å². The predicted octanol–water partition coefficient (Wildman–Crippen LogP) is 5.94. The molecule has 0 aromatic heterocycles. The van der Waals surface area contributed by atoms with Crippen LogP contribution in [0.4, 0.5) is 16.2 Å². The van der Waals surface area contributed by atoms with E-state index in [1.165, 1.54) is 0 Å². The largest absolute Gasteiger partial charge is 0.417 e. The van der Waals surface area contributed by atoms with Crippen molar-refractivity contribution in [3.8, 4) is 5.75 Å². The van der Waals surface area contributed by atoms with E-state index in [1.807, 2.05) is 62.6 Å². The van der Waals surface area contributed by atoms with E-state index in [0.717, 1.165) is 16.1 Å². The van der Waals surface area contributed by atoms with E-state index in [-0.39, 0.29) is 5.91 Å².